The number of carbonyl (C=O) groups is 1. The maximum absolute atomic E-state index is 10.1. The molecule has 0 heterocycles. The number of nitrogens with zero attached hydrogens (tertiary/aromatic N) is 1. The van der Waals surface area contributed by atoms with E-state index in [1.165, 1.54) is 11.8 Å². The Hall–Kier alpha value is -0.160. The van der Waals surface area contributed by atoms with Gasteiger partial charge < -0.3 is 5.11 Å². The third kappa shape index (κ3) is 3.42. The minimum atomic E-state index is -0.945. The van der Waals surface area contributed by atoms with Gasteiger partial charge in [0, 0.05) is 18.2 Å². The Kier molecular flexibility index (Phi) is 4.61. The summed E-state index contributed by atoms with van der Waals surface area (Å²) in [7, 11) is 0. The molecule has 0 radical (unpaired) electrons. The fraction of sp³-hybridized carbons (Fsp3) is 0.750. The molecule has 5 heteroatoms. The minimum absolute atomic E-state index is 0.457. The SMILES string of the molecule is CSC[C@H](N=S)C(=O)O. The number of carboxylic acid groups (broad SMARTS) is 1. The first kappa shape index (κ1) is 8.84. The normalized spacial score (nSPS) is 12.6. The maximum atomic E-state index is 10.1. The quantitative estimate of drug-likeness (QED) is 0.660. The smallest absolute Gasteiger partial charge is 0.330 e. The summed E-state index contributed by atoms with van der Waals surface area (Å²) in [5, 5.41) is 8.33. The predicted octanol–water partition coefficient (Wildman–Crippen LogP) is 0.533. The molecule has 1 N–H and O–H groups in total. The highest BCUT2D eigenvalue weighted by Crippen LogP contribution is 2.00. The number of hydrogen-bond acceptors (Lipinski definition) is 4. The molecule has 0 aliphatic rings. The largest absolute Gasteiger partial charge is 0.480 e. The van der Waals surface area contributed by atoms with E-state index in [2.05, 4.69) is 16.8 Å². The van der Waals surface area contributed by atoms with Gasteiger partial charge in [-0.2, -0.15) is 11.8 Å². The van der Waals surface area contributed by atoms with Crippen molar-refractivity contribution in [3.05, 3.63) is 0 Å². The van der Waals surface area contributed by atoms with Gasteiger partial charge in [0.25, 0.3) is 0 Å². The maximum Gasteiger partial charge on any atom is 0.330 e. The lowest BCUT2D eigenvalue weighted by Gasteiger charge is -1.99. The molecule has 0 aromatic heterocycles. The molecule has 0 aromatic rings. The van der Waals surface area contributed by atoms with Gasteiger partial charge in [-0.15, -0.1) is 0 Å². The summed E-state index contributed by atoms with van der Waals surface area (Å²) in [4.78, 5) is 10.1. The van der Waals surface area contributed by atoms with Crippen LogP contribution in [0.1, 0.15) is 0 Å². The zero-order chi connectivity index (χ0) is 7.28. The van der Waals surface area contributed by atoms with Gasteiger partial charge in [0.05, 0.1) is 0 Å². The molecule has 0 rings (SSSR count). The van der Waals surface area contributed by atoms with Crippen LogP contribution in [-0.2, 0) is 17.2 Å². The van der Waals surface area contributed by atoms with Crippen molar-refractivity contribution in [1.82, 2.24) is 0 Å². The van der Waals surface area contributed by atoms with Gasteiger partial charge in [0.1, 0.15) is 0 Å². The molecule has 1 atom stereocenters. The van der Waals surface area contributed by atoms with Gasteiger partial charge in [-0.05, 0) is 6.26 Å². The van der Waals surface area contributed by atoms with Crippen molar-refractivity contribution in [2.24, 2.45) is 4.36 Å². The highest BCUT2D eigenvalue weighted by Gasteiger charge is 2.13. The standard InChI is InChI=1S/C4H7NO2S2/c1-9-2-3(5-8)4(6)7/h3H,2H2,1H3,(H,6,7)/t3-/m0/s1. The summed E-state index contributed by atoms with van der Waals surface area (Å²) in [5.41, 5.74) is 0. The molecule has 0 aliphatic heterocycles. The van der Waals surface area contributed by atoms with Crippen molar-refractivity contribution in [3.63, 3.8) is 0 Å². The molecule has 0 bridgehead atoms. The predicted molar refractivity (Wildman–Crippen MR) is 39.6 cm³/mol. The number of hydrogen-bond donors (Lipinski definition) is 1. The second kappa shape index (κ2) is 4.69. The van der Waals surface area contributed by atoms with Gasteiger partial charge in [0.2, 0.25) is 0 Å². The zero-order valence-electron chi connectivity index (χ0n) is 4.90. The molecule has 0 saturated heterocycles. The minimum Gasteiger partial charge on any atom is -0.480 e. The van der Waals surface area contributed by atoms with Crippen LogP contribution < -0.4 is 0 Å². The average Bonchev–Trinajstić information content (AvgIpc) is 1.82. The van der Waals surface area contributed by atoms with Crippen LogP contribution in [0.3, 0.4) is 0 Å². The van der Waals surface area contributed by atoms with Gasteiger partial charge in [-0.3, -0.25) is 0 Å². The summed E-state index contributed by atoms with van der Waals surface area (Å²) in [6, 6.07) is -0.713. The van der Waals surface area contributed by atoms with Crippen LogP contribution in [0, 0.1) is 0 Å². The molecule has 0 amide bonds. The van der Waals surface area contributed by atoms with Crippen molar-refractivity contribution >= 4 is 30.2 Å². The van der Waals surface area contributed by atoms with Gasteiger partial charge in [-0.25, -0.2) is 9.16 Å². The van der Waals surface area contributed by atoms with Crippen molar-refractivity contribution in [2.45, 2.75) is 6.04 Å². The summed E-state index contributed by atoms with van der Waals surface area (Å²) >= 11 is 5.67. The van der Waals surface area contributed by atoms with E-state index in [9.17, 15) is 4.79 Å². The number of aliphatic carboxylic acids is 1. The van der Waals surface area contributed by atoms with Crippen LogP contribution in [-0.4, -0.2) is 29.1 Å². The Labute approximate surface area is 63.0 Å². The topological polar surface area (TPSA) is 49.7 Å². The highest BCUT2D eigenvalue weighted by molar-refractivity contribution is 7.98. The Morgan fingerprint density at radius 3 is 2.67 bits per heavy atom. The molecule has 0 saturated carbocycles. The summed E-state index contributed by atoms with van der Waals surface area (Å²) in [5.74, 6) is -0.488. The van der Waals surface area contributed by atoms with E-state index in [1.807, 2.05) is 6.26 Å². The highest BCUT2D eigenvalue weighted by atomic mass is 32.2. The van der Waals surface area contributed by atoms with E-state index in [0.717, 1.165) is 0 Å². The summed E-state index contributed by atoms with van der Waals surface area (Å²) in [6.07, 6.45) is 1.82. The molecular formula is C4H7NO2S2. The van der Waals surface area contributed by atoms with Crippen LogP contribution in [0.4, 0.5) is 0 Å². The van der Waals surface area contributed by atoms with Crippen LogP contribution in [0.15, 0.2) is 4.36 Å². The lowest BCUT2D eigenvalue weighted by Crippen LogP contribution is -2.19. The molecule has 0 spiro atoms. The number of carboxylic acids is 1. The zero-order valence-corrected chi connectivity index (χ0v) is 6.54. The second-order valence-corrected chi connectivity index (χ2v) is 2.54. The van der Waals surface area contributed by atoms with Gasteiger partial charge >= 0.3 is 5.97 Å². The third-order valence-corrected chi connectivity index (χ3v) is 1.64. The fourth-order valence-corrected chi connectivity index (χ4v) is 1.10. The van der Waals surface area contributed by atoms with E-state index < -0.39 is 12.0 Å². The fourth-order valence-electron chi connectivity index (χ4n) is 0.305. The third-order valence-electron chi connectivity index (χ3n) is 0.737. The first-order valence-corrected chi connectivity index (χ1v) is 4.02. The van der Waals surface area contributed by atoms with Crippen molar-refractivity contribution in [2.75, 3.05) is 12.0 Å². The lowest BCUT2D eigenvalue weighted by molar-refractivity contribution is -0.137. The van der Waals surface area contributed by atoms with Gasteiger partial charge in [0.15, 0.2) is 6.04 Å². The molecular weight excluding hydrogens is 158 g/mol. The molecule has 0 fully saturated rings. The van der Waals surface area contributed by atoms with E-state index in [-0.39, 0.29) is 0 Å². The van der Waals surface area contributed by atoms with Crippen LogP contribution in [0.25, 0.3) is 0 Å². The Bertz CT molecular complexity index is 117. The van der Waals surface area contributed by atoms with Crippen molar-refractivity contribution < 1.29 is 9.90 Å². The van der Waals surface area contributed by atoms with Crippen LogP contribution in [0.5, 0.6) is 0 Å². The van der Waals surface area contributed by atoms with Crippen LogP contribution in [0.2, 0.25) is 0 Å². The number of thioether (sulfide) groups is 1. The molecule has 9 heavy (non-hydrogen) atoms. The summed E-state index contributed by atoms with van der Waals surface area (Å²) < 4.78 is 3.24. The lowest BCUT2D eigenvalue weighted by atomic mass is 10.4. The first-order valence-electron chi connectivity index (χ1n) is 2.26. The average molecular weight is 165 g/mol. The Morgan fingerprint density at radius 2 is 2.56 bits per heavy atom. The van der Waals surface area contributed by atoms with Crippen LogP contribution >= 0.6 is 11.8 Å². The Morgan fingerprint density at radius 1 is 2.00 bits per heavy atom. The van der Waals surface area contributed by atoms with E-state index >= 15 is 0 Å². The molecule has 0 aromatic carbocycles. The molecule has 0 unspecified atom stereocenters. The van der Waals surface area contributed by atoms with E-state index in [0.29, 0.717) is 5.75 Å². The summed E-state index contributed by atoms with van der Waals surface area (Å²) in [6.45, 7) is 0. The first-order chi connectivity index (χ1) is 4.22. The molecule has 52 valence electrons. The number of rotatable bonds is 4. The molecule has 0 aliphatic carbocycles. The van der Waals surface area contributed by atoms with E-state index in [1.54, 1.807) is 0 Å². The van der Waals surface area contributed by atoms with E-state index in [4.69, 9.17) is 5.11 Å². The van der Waals surface area contributed by atoms with Crippen molar-refractivity contribution in [3.8, 4) is 0 Å². The second-order valence-electron chi connectivity index (χ2n) is 1.41. The Balaban J connectivity index is 3.68. The van der Waals surface area contributed by atoms with Gasteiger partial charge in [-0.1, -0.05) is 0 Å². The van der Waals surface area contributed by atoms with Crippen molar-refractivity contribution in [1.29, 1.82) is 0 Å². The molecule has 3 nitrogen and oxygen atoms in total. The monoisotopic (exact) mass is 165 g/mol.